The van der Waals surface area contributed by atoms with Gasteiger partial charge in [0, 0.05) is 13.1 Å². The molecule has 108 valence electrons. The number of benzene rings is 1. The molecule has 1 saturated heterocycles. The molecule has 0 aliphatic carbocycles. The van der Waals surface area contributed by atoms with E-state index in [1.54, 1.807) is 4.90 Å². The lowest BCUT2D eigenvalue weighted by atomic mass is 9.97. The summed E-state index contributed by atoms with van der Waals surface area (Å²) in [5.74, 6) is -1.28. The minimum atomic E-state index is -0.651. The average molecular weight is 282 g/mol. The third-order valence-electron chi connectivity index (χ3n) is 3.43. The van der Waals surface area contributed by atoms with Gasteiger partial charge in [-0.2, -0.15) is 0 Å². The summed E-state index contributed by atoms with van der Waals surface area (Å²) in [6.07, 6.45) is 1.42. The number of nitro groups is 1. The molecule has 1 fully saturated rings. The summed E-state index contributed by atoms with van der Waals surface area (Å²) in [4.78, 5) is 23.7. The van der Waals surface area contributed by atoms with Crippen molar-refractivity contribution in [2.24, 2.45) is 5.92 Å². The number of carbonyl (C=O) groups is 1. The minimum absolute atomic E-state index is 0.282. The monoisotopic (exact) mass is 282 g/mol. The summed E-state index contributed by atoms with van der Waals surface area (Å²) >= 11 is 0. The maximum Gasteiger partial charge on any atom is 0.310 e. The molecule has 20 heavy (non-hydrogen) atoms. The zero-order valence-electron chi connectivity index (χ0n) is 11.0. The van der Waals surface area contributed by atoms with Crippen LogP contribution >= 0.6 is 0 Å². The first-order valence-corrected chi connectivity index (χ1v) is 6.29. The summed E-state index contributed by atoms with van der Waals surface area (Å²) in [5.41, 5.74) is 0.0560. The Morgan fingerprint density at radius 1 is 1.55 bits per heavy atom. The quantitative estimate of drug-likeness (QED) is 0.482. The van der Waals surface area contributed by atoms with E-state index in [1.165, 1.54) is 19.2 Å². The lowest BCUT2D eigenvalue weighted by Gasteiger charge is -2.32. The second-order valence-corrected chi connectivity index (χ2v) is 4.70. The number of ether oxygens (including phenoxy) is 1. The number of nitrogens with zero attached hydrogens (tertiary/aromatic N) is 2. The smallest absolute Gasteiger partial charge is 0.310 e. The Kier molecular flexibility index (Phi) is 4.16. The molecule has 7 heteroatoms. The number of halogens is 1. The number of hydrogen-bond donors (Lipinski definition) is 0. The van der Waals surface area contributed by atoms with Gasteiger partial charge in [0.2, 0.25) is 0 Å². The highest BCUT2D eigenvalue weighted by Crippen LogP contribution is 2.32. The van der Waals surface area contributed by atoms with Gasteiger partial charge in [-0.3, -0.25) is 14.9 Å². The molecule has 1 aromatic carbocycles. The molecular weight excluding hydrogens is 267 g/mol. The average Bonchev–Trinajstić information content (AvgIpc) is 2.46. The van der Waals surface area contributed by atoms with Crippen LogP contribution in [0.5, 0.6) is 0 Å². The van der Waals surface area contributed by atoms with Gasteiger partial charge in [-0.1, -0.05) is 0 Å². The van der Waals surface area contributed by atoms with E-state index < -0.39 is 10.7 Å². The van der Waals surface area contributed by atoms with Crippen LogP contribution in [0.3, 0.4) is 0 Å². The lowest BCUT2D eigenvalue weighted by Crippen LogP contribution is -2.39. The van der Waals surface area contributed by atoms with E-state index in [1.807, 2.05) is 0 Å². The second-order valence-electron chi connectivity index (χ2n) is 4.70. The standard InChI is InChI=1S/C13H15FN2O4/c1-20-13(17)9-3-2-6-15(8-9)11-5-4-10(14)7-12(11)16(18)19/h4-5,7,9H,2-3,6,8H2,1H3. The van der Waals surface area contributed by atoms with Gasteiger partial charge in [-0.05, 0) is 25.0 Å². The van der Waals surface area contributed by atoms with Crippen LogP contribution < -0.4 is 4.90 Å². The summed E-state index contributed by atoms with van der Waals surface area (Å²) in [6.45, 7) is 0.944. The van der Waals surface area contributed by atoms with Crippen molar-refractivity contribution in [1.29, 1.82) is 0 Å². The predicted octanol–water partition coefficient (Wildman–Crippen LogP) is 2.12. The molecule has 1 aliphatic heterocycles. The molecule has 2 rings (SSSR count). The molecule has 0 radical (unpaired) electrons. The lowest BCUT2D eigenvalue weighted by molar-refractivity contribution is -0.384. The van der Waals surface area contributed by atoms with Gasteiger partial charge in [-0.25, -0.2) is 4.39 Å². The Labute approximate surface area is 115 Å². The largest absolute Gasteiger partial charge is 0.469 e. The van der Waals surface area contributed by atoms with E-state index in [9.17, 15) is 19.3 Å². The first-order valence-electron chi connectivity index (χ1n) is 6.29. The van der Waals surface area contributed by atoms with Crippen molar-refractivity contribution in [2.45, 2.75) is 12.8 Å². The van der Waals surface area contributed by atoms with Gasteiger partial charge in [-0.15, -0.1) is 0 Å². The molecule has 0 saturated carbocycles. The summed E-state index contributed by atoms with van der Waals surface area (Å²) < 4.78 is 17.8. The Hall–Kier alpha value is -2.18. The molecule has 1 atom stereocenters. The molecule has 0 spiro atoms. The summed E-state index contributed by atoms with van der Waals surface area (Å²) in [7, 11) is 1.32. The number of methoxy groups -OCH3 is 1. The van der Waals surface area contributed by atoms with Gasteiger partial charge in [0.1, 0.15) is 11.5 Å². The Bertz CT molecular complexity index is 535. The van der Waals surface area contributed by atoms with Crippen molar-refractivity contribution in [3.05, 3.63) is 34.1 Å². The fraction of sp³-hybridized carbons (Fsp3) is 0.462. The van der Waals surface area contributed by atoms with Crippen LogP contribution in [-0.4, -0.2) is 31.1 Å². The van der Waals surface area contributed by atoms with E-state index >= 15 is 0 Å². The van der Waals surface area contributed by atoms with Crippen LogP contribution in [0.4, 0.5) is 15.8 Å². The number of anilines is 1. The number of carbonyl (C=O) groups excluding carboxylic acids is 1. The number of piperidine rings is 1. The molecule has 0 bridgehead atoms. The van der Waals surface area contributed by atoms with Crippen LogP contribution in [-0.2, 0) is 9.53 Å². The van der Waals surface area contributed by atoms with Crippen LogP contribution in [0.1, 0.15) is 12.8 Å². The van der Waals surface area contributed by atoms with Gasteiger partial charge in [0.05, 0.1) is 24.0 Å². The van der Waals surface area contributed by atoms with E-state index in [2.05, 4.69) is 0 Å². The minimum Gasteiger partial charge on any atom is -0.469 e. The molecule has 0 aromatic heterocycles. The third-order valence-corrected chi connectivity index (χ3v) is 3.43. The van der Waals surface area contributed by atoms with Crippen molar-refractivity contribution in [3.63, 3.8) is 0 Å². The maximum atomic E-state index is 13.1. The molecule has 1 heterocycles. The highest BCUT2D eigenvalue weighted by atomic mass is 19.1. The zero-order valence-corrected chi connectivity index (χ0v) is 11.0. The predicted molar refractivity (Wildman–Crippen MR) is 70.0 cm³/mol. The van der Waals surface area contributed by atoms with Gasteiger partial charge in [0.15, 0.2) is 0 Å². The highest BCUT2D eigenvalue weighted by molar-refractivity contribution is 5.74. The van der Waals surface area contributed by atoms with E-state index in [-0.39, 0.29) is 17.6 Å². The van der Waals surface area contributed by atoms with Crippen molar-refractivity contribution >= 4 is 17.3 Å². The third kappa shape index (κ3) is 2.87. The van der Waals surface area contributed by atoms with E-state index in [0.717, 1.165) is 12.5 Å². The number of nitro benzene ring substituents is 1. The van der Waals surface area contributed by atoms with Crippen molar-refractivity contribution in [3.8, 4) is 0 Å². The van der Waals surface area contributed by atoms with Crippen LogP contribution in [0.2, 0.25) is 0 Å². The van der Waals surface area contributed by atoms with Crippen LogP contribution in [0.15, 0.2) is 18.2 Å². The maximum absolute atomic E-state index is 13.1. The molecule has 1 aromatic rings. The molecule has 6 nitrogen and oxygen atoms in total. The Balaban J connectivity index is 2.27. The Morgan fingerprint density at radius 2 is 2.30 bits per heavy atom. The number of esters is 1. The topological polar surface area (TPSA) is 72.7 Å². The van der Waals surface area contributed by atoms with Gasteiger partial charge in [0.25, 0.3) is 5.69 Å². The molecule has 1 unspecified atom stereocenters. The molecular formula is C13H15FN2O4. The van der Waals surface area contributed by atoms with Crippen molar-refractivity contribution in [2.75, 3.05) is 25.1 Å². The first-order chi connectivity index (χ1) is 9.52. The number of hydrogen-bond acceptors (Lipinski definition) is 5. The molecule has 0 N–H and O–H groups in total. The van der Waals surface area contributed by atoms with E-state index in [4.69, 9.17) is 4.74 Å². The normalized spacial score (nSPS) is 18.7. The van der Waals surface area contributed by atoms with Gasteiger partial charge >= 0.3 is 5.97 Å². The molecule has 1 aliphatic rings. The van der Waals surface area contributed by atoms with Gasteiger partial charge < -0.3 is 9.64 Å². The second kappa shape index (κ2) is 5.85. The summed E-state index contributed by atoms with van der Waals surface area (Å²) in [5, 5.41) is 11.0. The SMILES string of the molecule is COC(=O)C1CCCN(c2ccc(F)cc2[N+](=O)[O-])C1. The highest BCUT2D eigenvalue weighted by Gasteiger charge is 2.29. The zero-order chi connectivity index (χ0) is 14.7. The van der Waals surface area contributed by atoms with Crippen LogP contribution in [0, 0.1) is 21.8 Å². The molecule has 0 amide bonds. The van der Waals surface area contributed by atoms with Crippen molar-refractivity contribution < 1.29 is 18.8 Å². The number of rotatable bonds is 3. The summed E-state index contributed by atoms with van der Waals surface area (Å²) in [6, 6.07) is 3.47. The first kappa shape index (κ1) is 14.2. The fourth-order valence-electron chi connectivity index (χ4n) is 2.47. The Morgan fingerprint density at radius 3 is 2.95 bits per heavy atom. The van der Waals surface area contributed by atoms with Crippen molar-refractivity contribution in [1.82, 2.24) is 0 Å². The fourth-order valence-corrected chi connectivity index (χ4v) is 2.47. The van der Waals surface area contributed by atoms with E-state index in [0.29, 0.717) is 25.2 Å². The van der Waals surface area contributed by atoms with Crippen LogP contribution in [0.25, 0.3) is 0 Å².